The maximum absolute atomic E-state index is 12.2. The summed E-state index contributed by atoms with van der Waals surface area (Å²) in [4.78, 5) is 14.3. The first kappa shape index (κ1) is 15.7. The number of nitrogens with zero attached hydrogens (tertiary/aromatic N) is 1. The van der Waals surface area contributed by atoms with E-state index >= 15 is 0 Å². The Morgan fingerprint density at radius 2 is 2.15 bits per heavy atom. The summed E-state index contributed by atoms with van der Waals surface area (Å²) in [5.74, 6) is 0.0233. The summed E-state index contributed by atoms with van der Waals surface area (Å²) in [6, 6.07) is 0. The van der Waals surface area contributed by atoms with E-state index in [-0.39, 0.29) is 18.0 Å². The van der Waals surface area contributed by atoms with E-state index in [0.717, 1.165) is 38.8 Å². The molecule has 5 nitrogen and oxygen atoms in total. The summed E-state index contributed by atoms with van der Waals surface area (Å²) in [5.41, 5.74) is 5.53. The fourth-order valence-electron chi connectivity index (χ4n) is 3.03. The van der Waals surface area contributed by atoms with Gasteiger partial charge < -0.3 is 20.1 Å². The van der Waals surface area contributed by atoms with Crippen LogP contribution in [-0.4, -0.2) is 55.9 Å². The van der Waals surface area contributed by atoms with Gasteiger partial charge in [-0.3, -0.25) is 0 Å². The molecule has 20 heavy (non-hydrogen) atoms. The number of hydrogen-bond donors (Lipinski definition) is 1. The molecule has 0 aromatic heterocycles. The molecule has 2 atom stereocenters. The first-order valence-electron chi connectivity index (χ1n) is 7.82. The van der Waals surface area contributed by atoms with Crippen molar-refractivity contribution < 1.29 is 14.3 Å². The number of hydrogen-bond acceptors (Lipinski definition) is 5. The quantitative estimate of drug-likeness (QED) is 0.711. The van der Waals surface area contributed by atoms with Gasteiger partial charge in [0.15, 0.2) is 0 Å². The van der Waals surface area contributed by atoms with Gasteiger partial charge >= 0.3 is 5.97 Å². The van der Waals surface area contributed by atoms with Crippen molar-refractivity contribution in [2.24, 2.45) is 11.7 Å². The minimum atomic E-state index is -0.848. The van der Waals surface area contributed by atoms with Crippen LogP contribution in [-0.2, 0) is 14.3 Å². The van der Waals surface area contributed by atoms with Gasteiger partial charge in [0.25, 0.3) is 0 Å². The standard InChI is InChI=1S/C15H28N2O3/c1-3-19-14(18)15(16,12-7-8-12)11-17(2)10-13-6-4-5-9-20-13/h12-13H,3-11,16H2,1-2H3. The van der Waals surface area contributed by atoms with E-state index in [0.29, 0.717) is 13.2 Å². The van der Waals surface area contributed by atoms with E-state index < -0.39 is 5.54 Å². The lowest BCUT2D eigenvalue weighted by Gasteiger charge is -2.34. The van der Waals surface area contributed by atoms with E-state index in [4.69, 9.17) is 15.2 Å². The molecule has 0 aromatic carbocycles. The molecular formula is C15H28N2O3. The van der Waals surface area contributed by atoms with Crippen molar-refractivity contribution in [1.29, 1.82) is 0 Å². The Morgan fingerprint density at radius 1 is 1.40 bits per heavy atom. The number of rotatable bonds is 7. The molecule has 2 rings (SSSR count). The highest BCUT2D eigenvalue weighted by atomic mass is 16.5. The minimum Gasteiger partial charge on any atom is -0.465 e. The summed E-state index contributed by atoms with van der Waals surface area (Å²) >= 11 is 0. The monoisotopic (exact) mass is 284 g/mol. The maximum Gasteiger partial charge on any atom is 0.327 e. The van der Waals surface area contributed by atoms with Crippen molar-refractivity contribution in [2.75, 3.05) is 33.4 Å². The molecule has 1 aliphatic heterocycles. The van der Waals surface area contributed by atoms with Gasteiger partial charge in [-0.25, -0.2) is 4.79 Å². The Labute approximate surface area is 121 Å². The summed E-state index contributed by atoms with van der Waals surface area (Å²) in [6.07, 6.45) is 5.83. The molecule has 0 bridgehead atoms. The van der Waals surface area contributed by atoms with Gasteiger partial charge in [-0.15, -0.1) is 0 Å². The predicted octanol–water partition coefficient (Wildman–Crippen LogP) is 1.16. The molecule has 2 N–H and O–H groups in total. The maximum atomic E-state index is 12.2. The van der Waals surface area contributed by atoms with Crippen molar-refractivity contribution in [3.05, 3.63) is 0 Å². The normalized spacial score (nSPS) is 26.3. The van der Waals surface area contributed by atoms with Gasteiger partial charge in [-0.2, -0.15) is 0 Å². The van der Waals surface area contributed by atoms with E-state index in [9.17, 15) is 4.79 Å². The van der Waals surface area contributed by atoms with Crippen LogP contribution in [0.25, 0.3) is 0 Å². The number of ether oxygens (including phenoxy) is 2. The first-order valence-corrected chi connectivity index (χ1v) is 7.82. The lowest BCUT2D eigenvalue weighted by Crippen LogP contribution is -2.58. The third-order valence-corrected chi connectivity index (χ3v) is 4.28. The Balaban J connectivity index is 1.88. The zero-order valence-corrected chi connectivity index (χ0v) is 12.8. The topological polar surface area (TPSA) is 64.8 Å². The summed E-state index contributed by atoms with van der Waals surface area (Å²) in [6.45, 7) is 4.46. The predicted molar refractivity (Wildman–Crippen MR) is 77.4 cm³/mol. The third kappa shape index (κ3) is 3.93. The molecule has 2 unspecified atom stereocenters. The van der Waals surface area contributed by atoms with Crippen molar-refractivity contribution in [3.8, 4) is 0 Å². The van der Waals surface area contributed by atoms with Crippen molar-refractivity contribution >= 4 is 5.97 Å². The summed E-state index contributed by atoms with van der Waals surface area (Å²) in [5, 5.41) is 0. The Bertz CT molecular complexity index is 327. The van der Waals surface area contributed by atoms with Gasteiger partial charge in [0.2, 0.25) is 0 Å². The molecular weight excluding hydrogens is 256 g/mol. The van der Waals surface area contributed by atoms with E-state index in [2.05, 4.69) is 4.90 Å². The number of likely N-dealkylation sites (N-methyl/N-ethyl adjacent to an activating group) is 1. The smallest absolute Gasteiger partial charge is 0.327 e. The molecule has 1 saturated heterocycles. The molecule has 1 heterocycles. The number of carbonyl (C=O) groups excluding carboxylic acids is 1. The highest BCUT2D eigenvalue weighted by Gasteiger charge is 2.49. The molecule has 0 amide bonds. The minimum absolute atomic E-state index is 0.251. The second kappa shape index (κ2) is 6.87. The van der Waals surface area contributed by atoms with Crippen LogP contribution < -0.4 is 5.73 Å². The second-order valence-corrected chi connectivity index (χ2v) is 6.22. The van der Waals surface area contributed by atoms with E-state index in [1.165, 1.54) is 6.42 Å². The van der Waals surface area contributed by atoms with Crippen LogP contribution in [0.4, 0.5) is 0 Å². The summed E-state index contributed by atoms with van der Waals surface area (Å²) < 4.78 is 10.9. The number of carbonyl (C=O) groups is 1. The van der Waals surface area contributed by atoms with Crippen molar-refractivity contribution in [2.45, 2.75) is 50.7 Å². The van der Waals surface area contributed by atoms with Crippen LogP contribution in [0, 0.1) is 5.92 Å². The Kier molecular flexibility index (Phi) is 5.41. The zero-order valence-electron chi connectivity index (χ0n) is 12.8. The molecule has 0 aromatic rings. The van der Waals surface area contributed by atoms with Gasteiger partial charge in [-0.1, -0.05) is 0 Å². The fourth-order valence-corrected chi connectivity index (χ4v) is 3.03. The first-order chi connectivity index (χ1) is 9.56. The lowest BCUT2D eigenvalue weighted by molar-refractivity contribution is -0.151. The zero-order chi connectivity index (χ0) is 14.6. The molecule has 0 radical (unpaired) electrons. The van der Waals surface area contributed by atoms with Gasteiger partial charge in [0.1, 0.15) is 5.54 Å². The molecule has 0 spiro atoms. The van der Waals surface area contributed by atoms with Crippen LogP contribution in [0.3, 0.4) is 0 Å². The van der Waals surface area contributed by atoms with Crippen LogP contribution in [0.1, 0.15) is 39.0 Å². The molecule has 2 aliphatic rings. The molecule has 1 aliphatic carbocycles. The molecule has 1 saturated carbocycles. The SMILES string of the molecule is CCOC(=O)C(N)(CN(C)CC1CCCCO1)C1CC1. The van der Waals surface area contributed by atoms with Gasteiger partial charge in [-0.05, 0) is 52.0 Å². The van der Waals surface area contributed by atoms with Crippen molar-refractivity contribution in [3.63, 3.8) is 0 Å². The van der Waals surface area contributed by atoms with Crippen LogP contribution in [0.15, 0.2) is 0 Å². The fraction of sp³-hybridized carbons (Fsp3) is 0.933. The van der Waals surface area contributed by atoms with Crippen LogP contribution >= 0.6 is 0 Å². The molecule has 2 fully saturated rings. The lowest BCUT2D eigenvalue weighted by atomic mass is 9.93. The van der Waals surface area contributed by atoms with E-state index in [1.54, 1.807) is 0 Å². The van der Waals surface area contributed by atoms with Gasteiger partial charge in [0.05, 0.1) is 12.7 Å². The highest BCUT2D eigenvalue weighted by Crippen LogP contribution is 2.39. The third-order valence-electron chi connectivity index (χ3n) is 4.28. The average Bonchev–Trinajstić information content (AvgIpc) is 3.24. The second-order valence-electron chi connectivity index (χ2n) is 6.22. The Hall–Kier alpha value is -0.650. The number of esters is 1. The molecule has 116 valence electrons. The highest BCUT2D eigenvalue weighted by molar-refractivity contribution is 5.82. The average molecular weight is 284 g/mol. The molecule has 5 heteroatoms. The van der Waals surface area contributed by atoms with E-state index in [1.807, 2.05) is 14.0 Å². The van der Waals surface area contributed by atoms with Crippen LogP contribution in [0.2, 0.25) is 0 Å². The van der Waals surface area contributed by atoms with Gasteiger partial charge in [0, 0.05) is 19.7 Å². The largest absolute Gasteiger partial charge is 0.465 e. The van der Waals surface area contributed by atoms with Crippen molar-refractivity contribution in [1.82, 2.24) is 4.90 Å². The Morgan fingerprint density at radius 3 is 2.70 bits per heavy atom. The summed E-state index contributed by atoms with van der Waals surface area (Å²) in [7, 11) is 2.02. The van der Waals surface area contributed by atoms with Crippen LogP contribution in [0.5, 0.6) is 0 Å². The number of nitrogens with two attached hydrogens (primary N) is 1.